The van der Waals surface area contributed by atoms with Crippen molar-refractivity contribution in [2.24, 2.45) is 4.99 Å². The van der Waals surface area contributed by atoms with E-state index in [-0.39, 0.29) is 5.91 Å². The van der Waals surface area contributed by atoms with Crippen LogP contribution < -0.4 is 4.80 Å². The first-order valence-electron chi connectivity index (χ1n) is 7.57. The molecule has 24 heavy (non-hydrogen) atoms. The minimum absolute atomic E-state index is 0.235. The smallest absolute Gasteiger partial charge is 0.279 e. The molecule has 2 aromatic carbocycles. The molecule has 0 atom stereocenters. The second-order valence-electron chi connectivity index (χ2n) is 5.53. The Hall–Kier alpha value is -2.17. The van der Waals surface area contributed by atoms with Crippen LogP contribution in [-0.4, -0.2) is 10.5 Å². The summed E-state index contributed by atoms with van der Waals surface area (Å²) < 4.78 is 3.04. The normalized spacial score (nSPS) is 11.9. The van der Waals surface area contributed by atoms with Gasteiger partial charge in [-0.1, -0.05) is 47.2 Å². The molecule has 1 aromatic heterocycles. The van der Waals surface area contributed by atoms with E-state index in [4.69, 9.17) is 11.6 Å². The molecule has 5 heteroatoms. The highest BCUT2D eigenvalue weighted by Gasteiger charge is 2.12. The average molecular weight is 357 g/mol. The van der Waals surface area contributed by atoms with Crippen molar-refractivity contribution in [2.75, 3.05) is 0 Å². The molecule has 3 aromatic rings. The number of carbonyl (C=O) groups excluding carboxylic acids is 1. The van der Waals surface area contributed by atoms with Gasteiger partial charge in [-0.3, -0.25) is 4.79 Å². The summed E-state index contributed by atoms with van der Waals surface area (Å²) >= 11 is 7.74. The Bertz CT molecular complexity index is 1010. The van der Waals surface area contributed by atoms with Gasteiger partial charge in [0, 0.05) is 17.1 Å². The van der Waals surface area contributed by atoms with Crippen LogP contribution in [-0.2, 0) is 6.54 Å². The number of rotatable bonds is 3. The van der Waals surface area contributed by atoms with Gasteiger partial charge in [-0.05, 0) is 43.2 Å². The molecule has 1 heterocycles. The van der Waals surface area contributed by atoms with E-state index in [0.717, 1.165) is 21.3 Å². The number of fused-ring (bicyclic) bond motifs is 1. The maximum atomic E-state index is 12.6. The van der Waals surface area contributed by atoms with Crippen LogP contribution in [0.1, 0.15) is 21.5 Å². The van der Waals surface area contributed by atoms with Crippen LogP contribution in [0.25, 0.3) is 10.2 Å². The molecule has 0 fully saturated rings. The van der Waals surface area contributed by atoms with Crippen LogP contribution in [0.4, 0.5) is 0 Å². The van der Waals surface area contributed by atoms with E-state index in [2.05, 4.69) is 11.6 Å². The number of halogens is 1. The zero-order chi connectivity index (χ0) is 17.3. The zero-order valence-corrected chi connectivity index (χ0v) is 15.1. The van der Waals surface area contributed by atoms with E-state index < -0.39 is 0 Å². The molecule has 0 bridgehead atoms. The van der Waals surface area contributed by atoms with Crippen molar-refractivity contribution in [3.63, 3.8) is 0 Å². The number of nitrogens with zero attached hydrogens (tertiary/aromatic N) is 2. The van der Waals surface area contributed by atoms with Crippen LogP contribution in [0.5, 0.6) is 0 Å². The highest BCUT2D eigenvalue weighted by atomic mass is 35.5. The summed E-state index contributed by atoms with van der Waals surface area (Å²) in [6.45, 7) is 8.27. The third kappa shape index (κ3) is 2.95. The standard InChI is InChI=1S/C19H17ClN2OS/c1-4-11-22-17-13(3)15(20)9-10-16(17)24-19(22)21-18(23)14-8-6-5-7-12(14)2/h4-10H,1,11H2,2-3H3. The molecule has 0 N–H and O–H groups in total. The van der Waals surface area contributed by atoms with E-state index in [9.17, 15) is 4.79 Å². The Morgan fingerprint density at radius 2 is 2.04 bits per heavy atom. The van der Waals surface area contributed by atoms with Crippen molar-refractivity contribution < 1.29 is 4.79 Å². The van der Waals surface area contributed by atoms with Crippen molar-refractivity contribution in [3.05, 3.63) is 75.6 Å². The van der Waals surface area contributed by atoms with Crippen LogP contribution in [0.3, 0.4) is 0 Å². The molecule has 1 amide bonds. The van der Waals surface area contributed by atoms with Crippen molar-refractivity contribution in [2.45, 2.75) is 20.4 Å². The van der Waals surface area contributed by atoms with Crippen molar-refractivity contribution in [1.82, 2.24) is 4.57 Å². The van der Waals surface area contributed by atoms with Gasteiger partial charge in [-0.25, -0.2) is 0 Å². The summed E-state index contributed by atoms with van der Waals surface area (Å²) in [4.78, 5) is 17.6. The molecule has 0 radical (unpaired) electrons. The van der Waals surface area contributed by atoms with E-state index in [1.54, 1.807) is 12.1 Å². The van der Waals surface area contributed by atoms with Gasteiger partial charge in [0.2, 0.25) is 0 Å². The Kier molecular flexibility index (Phi) is 4.69. The lowest BCUT2D eigenvalue weighted by Crippen LogP contribution is -2.17. The number of benzene rings is 2. The van der Waals surface area contributed by atoms with Crippen LogP contribution in [0.15, 0.2) is 54.0 Å². The molecule has 0 aliphatic heterocycles. The van der Waals surface area contributed by atoms with E-state index in [0.29, 0.717) is 21.9 Å². The number of aromatic nitrogens is 1. The zero-order valence-electron chi connectivity index (χ0n) is 13.5. The summed E-state index contributed by atoms with van der Waals surface area (Å²) in [6, 6.07) is 11.3. The molecule has 0 saturated carbocycles. The number of allylic oxidation sites excluding steroid dienone is 1. The van der Waals surface area contributed by atoms with Gasteiger partial charge < -0.3 is 4.57 Å². The van der Waals surface area contributed by atoms with E-state index in [1.165, 1.54) is 11.3 Å². The Labute approximate surface area is 149 Å². The lowest BCUT2D eigenvalue weighted by Gasteiger charge is -2.05. The van der Waals surface area contributed by atoms with Crippen LogP contribution in [0.2, 0.25) is 5.02 Å². The van der Waals surface area contributed by atoms with Crippen molar-refractivity contribution in [1.29, 1.82) is 0 Å². The summed E-state index contributed by atoms with van der Waals surface area (Å²) in [5.41, 5.74) is 3.53. The van der Waals surface area contributed by atoms with E-state index in [1.807, 2.05) is 48.7 Å². The lowest BCUT2D eigenvalue weighted by molar-refractivity contribution is 0.0997. The molecule has 0 spiro atoms. The fourth-order valence-corrected chi connectivity index (χ4v) is 3.91. The third-order valence-corrected chi connectivity index (χ3v) is 5.37. The predicted octanol–water partition coefficient (Wildman–Crippen LogP) is 4.90. The van der Waals surface area contributed by atoms with Gasteiger partial charge in [0.05, 0.1) is 10.2 Å². The van der Waals surface area contributed by atoms with E-state index >= 15 is 0 Å². The molecule has 3 nitrogen and oxygen atoms in total. The fourth-order valence-electron chi connectivity index (χ4n) is 2.66. The number of aryl methyl sites for hydroxylation is 2. The molecular formula is C19H17ClN2OS. The minimum atomic E-state index is -0.235. The van der Waals surface area contributed by atoms with Gasteiger partial charge in [-0.2, -0.15) is 4.99 Å². The molecule has 0 saturated heterocycles. The predicted molar refractivity (Wildman–Crippen MR) is 101 cm³/mol. The van der Waals surface area contributed by atoms with Crippen LogP contribution in [0, 0.1) is 13.8 Å². The summed E-state index contributed by atoms with van der Waals surface area (Å²) in [5.74, 6) is -0.235. The number of hydrogen-bond acceptors (Lipinski definition) is 2. The SMILES string of the molecule is C=CCn1c(=NC(=O)c2ccccc2C)sc2ccc(Cl)c(C)c21. The maximum Gasteiger partial charge on any atom is 0.279 e. The maximum absolute atomic E-state index is 12.6. The topological polar surface area (TPSA) is 34.4 Å². The third-order valence-electron chi connectivity index (χ3n) is 3.91. The Morgan fingerprint density at radius 3 is 2.75 bits per heavy atom. The number of hydrogen-bond donors (Lipinski definition) is 0. The second-order valence-corrected chi connectivity index (χ2v) is 6.95. The minimum Gasteiger partial charge on any atom is -0.312 e. The molecule has 122 valence electrons. The summed E-state index contributed by atoms with van der Waals surface area (Å²) in [6.07, 6.45) is 1.80. The first-order chi connectivity index (χ1) is 11.5. The van der Waals surface area contributed by atoms with Gasteiger partial charge in [0.15, 0.2) is 4.80 Å². The van der Waals surface area contributed by atoms with Crippen LogP contribution >= 0.6 is 22.9 Å². The van der Waals surface area contributed by atoms with Gasteiger partial charge in [0.1, 0.15) is 0 Å². The second kappa shape index (κ2) is 6.75. The quantitative estimate of drug-likeness (QED) is 0.614. The Morgan fingerprint density at radius 1 is 1.29 bits per heavy atom. The lowest BCUT2D eigenvalue weighted by atomic mass is 10.1. The highest BCUT2D eigenvalue weighted by molar-refractivity contribution is 7.16. The molecule has 0 unspecified atom stereocenters. The average Bonchev–Trinajstić information content (AvgIpc) is 2.90. The molecule has 3 rings (SSSR count). The number of thiazole rings is 1. The largest absolute Gasteiger partial charge is 0.312 e. The van der Waals surface area contributed by atoms with Gasteiger partial charge >= 0.3 is 0 Å². The van der Waals surface area contributed by atoms with Gasteiger partial charge in [-0.15, -0.1) is 6.58 Å². The Balaban J connectivity index is 2.24. The first kappa shape index (κ1) is 16.7. The molecular weight excluding hydrogens is 340 g/mol. The number of carbonyl (C=O) groups is 1. The monoisotopic (exact) mass is 356 g/mol. The summed E-state index contributed by atoms with van der Waals surface area (Å²) in [7, 11) is 0. The van der Waals surface area contributed by atoms with Crippen molar-refractivity contribution >= 4 is 39.1 Å². The molecule has 0 aliphatic rings. The van der Waals surface area contributed by atoms with Crippen molar-refractivity contribution in [3.8, 4) is 0 Å². The highest BCUT2D eigenvalue weighted by Crippen LogP contribution is 2.27. The van der Waals surface area contributed by atoms with Gasteiger partial charge in [0.25, 0.3) is 5.91 Å². The fraction of sp³-hybridized carbons (Fsp3) is 0.158. The first-order valence-corrected chi connectivity index (χ1v) is 8.76. The number of amides is 1. The summed E-state index contributed by atoms with van der Waals surface area (Å²) in [5, 5.41) is 0.704. The molecule has 0 aliphatic carbocycles.